The average Bonchev–Trinajstić information content (AvgIpc) is 3.60. The third-order valence-electron chi connectivity index (χ3n) is 12.9. The first-order chi connectivity index (χ1) is 26.1. The highest BCUT2D eigenvalue weighted by Gasteiger charge is 2.48. The lowest BCUT2D eigenvalue weighted by molar-refractivity contribution is -0.719. The number of aryl methyl sites for hydroxylation is 1. The van der Waals surface area contributed by atoms with Crippen molar-refractivity contribution < 1.29 is 9.13 Å². The molecule has 8 rings (SSSR count). The fourth-order valence-corrected chi connectivity index (χ4v) is 12.1. The number of para-hydroxylation sites is 2. The molecule has 0 saturated heterocycles. The number of hydrogen-bond donors (Lipinski definition) is 0. The van der Waals surface area contributed by atoms with Crippen LogP contribution in [-0.4, -0.2) is 12.6 Å². The van der Waals surface area contributed by atoms with Crippen molar-refractivity contribution >= 4 is 30.0 Å². The second-order valence-corrected chi connectivity index (χ2v) is 24.0. The summed E-state index contributed by atoms with van der Waals surface area (Å²) >= 11 is 0. The van der Waals surface area contributed by atoms with Gasteiger partial charge in [0.05, 0.1) is 20.1 Å². The zero-order valence-corrected chi connectivity index (χ0v) is 36.3. The molecule has 0 saturated carbocycles. The van der Waals surface area contributed by atoms with Crippen molar-refractivity contribution in [3.63, 3.8) is 0 Å². The largest absolute Gasteiger partial charge is 0.267 e. The first-order valence-corrected chi connectivity index (χ1v) is 24.2. The van der Waals surface area contributed by atoms with Crippen molar-refractivity contribution in [2.75, 3.05) is 0 Å². The predicted octanol–water partition coefficient (Wildman–Crippen LogP) is 11.9. The molecule has 4 aromatic carbocycles. The molecule has 0 amide bonds. The van der Waals surface area contributed by atoms with Crippen LogP contribution in [0.25, 0.3) is 44.8 Å². The molecule has 3 nitrogen and oxygen atoms in total. The molecule has 0 radical (unpaired) electrons. The molecule has 6 aromatic rings. The van der Waals surface area contributed by atoms with Gasteiger partial charge in [-0.05, 0) is 82.0 Å². The van der Waals surface area contributed by atoms with Gasteiger partial charge in [0.25, 0.3) is 5.82 Å². The third kappa shape index (κ3) is 5.90. The van der Waals surface area contributed by atoms with E-state index in [4.69, 9.17) is 6.58 Å². The summed E-state index contributed by atoms with van der Waals surface area (Å²) in [6.07, 6.45) is 6.62. The highest BCUT2D eigenvalue weighted by molar-refractivity contribution is 6.88. The fourth-order valence-electron chi connectivity index (χ4n) is 10.3. The summed E-state index contributed by atoms with van der Waals surface area (Å²) in [5.74, 6) is 1.63. The van der Waals surface area contributed by atoms with E-state index < -0.39 is 8.07 Å². The van der Waals surface area contributed by atoms with Crippen LogP contribution in [0.2, 0.25) is 19.6 Å². The van der Waals surface area contributed by atoms with Gasteiger partial charge in [-0.15, -0.1) is 0 Å². The Bertz CT molecular complexity index is 2480. The number of allylic oxidation sites excluding steroid dienone is 1. The van der Waals surface area contributed by atoms with Gasteiger partial charge >= 0.3 is 0 Å². The van der Waals surface area contributed by atoms with Crippen molar-refractivity contribution in [2.45, 2.75) is 124 Å². The quantitative estimate of drug-likeness (QED) is 0.109. The Labute approximate surface area is 331 Å². The lowest BCUT2D eigenvalue weighted by atomic mass is 9.72. The lowest BCUT2D eigenvalue weighted by Crippen LogP contribution is -2.54. The molecule has 55 heavy (non-hydrogen) atoms. The topological polar surface area (TPSA) is 12.7 Å². The van der Waals surface area contributed by atoms with E-state index in [1.165, 1.54) is 72.7 Å². The van der Waals surface area contributed by atoms with E-state index in [2.05, 4.69) is 186 Å². The van der Waals surface area contributed by atoms with E-state index in [-0.39, 0.29) is 16.9 Å². The molecule has 4 heteroatoms. The summed E-state index contributed by atoms with van der Waals surface area (Å²) in [4.78, 5) is 0. The minimum atomic E-state index is -1.66. The molecule has 1 aliphatic carbocycles. The van der Waals surface area contributed by atoms with Gasteiger partial charge in [0, 0.05) is 29.0 Å². The van der Waals surface area contributed by atoms with Gasteiger partial charge in [0.1, 0.15) is 11.4 Å². The fraction of sp³-hybridized carbons (Fsp3) is 0.373. The normalized spacial score (nSPS) is 17.1. The highest BCUT2D eigenvalue weighted by atomic mass is 28.3. The number of hydrogen-bond acceptors (Lipinski definition) is 0. The number of fused-ring (bicyclic) bond motifs is 8. The summed E-state index contributed by atoms with van der Waals surface area (Å²) in [5, 5.41) is 1.55. The number of aromatic nitrogens is 3. The number of benzene rings is 4. The Morgan fingerprint density at radius 2 is 1.56 bits per heavy atom. The molecule has 0 N–H and O–H groups in total. The molecule has 3 heterocycles. The van der Waals surface area contributed by atoms with Crippen LogP contribution in [0.3, 0.4) is 0 Å². The molecular weight excluding hydrogens is 683 g/mol. The molecule has 2 aliphatic rings. The van der Waals surface area contributed by atoms with Crippen LogP contribution >= 0.6 is 0 Å². The molecule has 0 bridgehead atoms. The van der Waals surface area contributed by atoms with Crippen LogP contribution in [0.5, 0.6) is 0 Å². The lowest BCUT2D eigenvalue weighted by Gasteiger charge is -2.35. The Balaban J connectivity index is 1.32. The van der Waals surface area contributed by atoms with E-state index in [1.54, 1.807) is 5.19 Å². The average molecular weight is 744 g/mol. The summed E-state index contributed by atoms with van der Waals surface area (Å²) in [6.45, 7) is 31.3. The Morgan fingerprint density at radius 3 is 2.24 bits per heavy atom. The Kier molecular flexibility index (Phi) is 9.04. The number of pyridine rings is 1. The molecular formula is C51H61N3Si+2. The molecule has 2 unspecified atom stereocenters. The van der Waals surface area contributed by atoms with Crippen LogP contribution in [0, 0.1) is 6.92 Å². The highest BCUT2D eigenvalue weighted by Crippen LogP contribution is 2.56. The predicted molar refractivity (Wildman–Crippen MR) is 236 cm³/mol. The number of nitrogens with zero attached hydrogens (tertiary/aromatic N) is 3. The zero-order valence-electron chi connectivity index (χ0n) is 35.3. The number of imidazole rings is 1. The van der Waals surface area contributed by atoms with E-state index >= 15 is 0 Å². The summed E-state index contributed by atoms with van der Waals surface area (Å²) in [7, 11) is -1.66. The van der Waals surface area contributed by atoms with Crippen molar-refractivity contribution in [1.82, 2.24) is 4.57 Å². The Hall–Kier alpha value is -4.54. The smallest absolute Gasteiger partial charge is 0.196 e. The third-order valence-corrected chi connectivity index (χ3v) is 15.1. The molecule has 2 aromatic heterocycles. The van der Waals surface area contributed by atoms with Gasteiger partial charge in [-0.2, -0.15) is 13.7 Å². The van der Waals surface area contributed by atoms with Gasteiger partial charge in [0.2, 0.25) is 5.69 Å². The minimum Gasteiger partial charge on any atom is -0.196 e. The molecule has 282 valence electrons. The van der Waals surface area contributed by atoms with Gasteiger partial charge < -0.3 is 0 Å². The zero-order chi connectivity index (χ0) is 39.2. The van der Waals surface area contributed by atoms with Crippen molar-refractivity contribution in [3.8, 4) is 28.1 Å². The van der Waals surface area contributed by atoms with Crippen molar-refractivity contribution in [3.05, 3.63) is 137 Å². The summed E-state index contributed by atoms with van der Waals surface area (Å²) < 4.78 is 7.72. The monoisotopic (exact) mass is 743 g/mol. The standard InChI is InChI=1S/C51H61N3Si/c1-13-19-38-39-28-29-40-37-20-15-16-21-41(37)51(8,9)49(40)48(39)45-30-33(3)46(55(10,11)12)32-52(45)44(38)31-34(4)53-42-22-17-18-23-43(42)54(47(53)14-2)36-26-24-35(25-27-36)50(5,6)7/h15-18,20-30,32,38,44H,4,13-14,19,31H2,1-3,5-12H3/q+2. The maximum absolute atomic E-state index is 5.00. The first kappa shape index (κ1) is 37.4. The van der Waals surface area contributed by atoms with Crippen LogP contribution in [-0.2, 0) is 17.3 Å². The van der Waals surface area contributed by atoms with E-state index in [0.29, 0.717) is 5.92 Å². The summed E-state index contributed by atoms with van der Waals surface area (Å²) in [5.41, 5.74) is 17.7. The second-order valence-electron chi connectivity index (χ2n) is 19.0. The molecule has 2 atom stereocenters. The van der Waals surface area contributed by atoms with Crippen LogP contribution in [0.15, 0.2) is 104 Å². The van der Waals surface area contributed by atoms with Crippen molar-refractivity contribution in [2.24, 2.45) is 0 Å². The van der Waals surface area contributed by atoms with Crippen LogP contribution < -0.4 is 14.3 Å². The second kappa shape index (κ2) is 13.3. The summed E-state index contributed by atoms with van der Waals surface area (Å²) in [6, 6.07) is 35.0. The van der Waals surface area contributed by atoms with E-state index in [9.17, 15) is 0 Å². The minimum absolute atomic E-state index is 0.0908. The Morgan fingerprint density at radius 1 is 0.873 bits per heavy atom. The molecule has 0 spiro atoms. The van der Waals surface area contributed by atoms with Crippen LogP contribution in [0.1, 0.15) is 113 Å². The molecule has 0 fully saturated rings. The molecule has 1 aliphatic heterocycles. The van der Waals surface area contributed by atoms with Crippen molar-refractivity contribution in [1.29, 1.82) is 0 Å². The first-order valence-electron chi connectivity index (χ1n) is 20.7. The van der Waals surface area contributed by atoms with Gasteiger partial charge in [0.15, 0.2) is 23.3 Å². The van der Waals surface area contributed by atoms with Crippen LogP contribution in [0.4, 0.5) is 0 Å². The van der Waals surface area contributed by atoms with Gasteiger partial charge in [-0.1, -0.05) is 142 Å². The maximum Gasteiger partial charge on any atom is 0.267 e. The van der Waals surface area contributed by atoms with Gasteiger partial charge in [-0.25, -0.2) is 0 Å². The SMILES string of the molecule is C=C(CC1C(CCC)c2ccc3c(c2-c2cc(C)c([Si](C)(C)C)c[n+]21)C(C)(C)c1ccccc1-3)[n+]1c(CC)n(-c2ccc(C(C)(C)C)cc2)c2ccccc21. The van der Waals surface area contributed by atoms with E-state index in [1.807, 2.05) is 0 Å². The van der Waals surface area contributed by atoms with E-state index in [0.717, 1.165) is 31.4 Å². The van der Waals surface area contributed by atoms with Gasteiger partial charge in [-0.3, -0.25) is 0 Å². The maximum atomic E-state index is 5.00. The number of rotatable bonds is 8.